The molecule has 0 saturated heterocycles. The van der Waals surface area contributed by atoms with Gasteiger partial charge in [0.1, 0.15) is 0 Å². The summed E-state index contributed by atoms with van der Waals surface area (Å²) in [4.78, 5) is 69.2. The van der Waals surface area contributed by atoms with Crippen molar-refractivity contribution in [2.75, 3.05) is 54.6 Å². The summed E-state index contributed by atoms with van der Waals surface area (Å²) in [5, 5.41) is 0. The number of fused-ring (bicyclic) bond motifs is 4. The molecule has 3 heterocycles. The third kappa shape index (κ3) is 14.7. The van der Waals surface area contributed by atoms with Gasteiger partial charge in [0.2, 0.25) is 0 Å². The number of hydrogen-bond acceptors (Lipinski definition) is 14. The highest BCUT2D eigenvalue weighted by Gasteiger charge is 2.19. The zero-order valence-corrected chi connectivity index (χ0v) is 39.8. The smallest absolute Gasteiger partial charge is 0.337 e. The van der Waals surface area contributed by atoms with E-state index < -0.39 is 0 Å². The largest absolute Gasteiger partial charge is 0.465 e. The Bertz CT molecular complexity index is 2640. The van der Waals surface area contributed by atoms with Crippen LogP contribution in [0.4, 0.5) is 0 Å². The summed E-state index contributed by atoms with van der Waals surface area (Å²) >= 11 is 0. The summed E-state index contributed by atoms with van der Waals surface area (Å²) in [7, 11) is 5.53. The van der Waals surface area contributed by atoms with E-state index in [1.165, 1.54) is 28.4 Å². The number of pyridine rings is 2. The minimum atomic E-state index is -0.380. The van der Waals surface area contributed by atoms with Gasteiger partial charge in [-0.25, -0.2) is 19.2 Å². The first-order valence-corrected chi connectivity index (χ1v) is 23.1. The molecule has 6 aromatic rings. The molecule has 14 nitrogen and oxygen atoms in total. The van der Waals surface area contributed by atoms with Crippen LogP contribution in [0.1, 0.15) is 92.9 Å². The third-order valence-electron chi connectivity index (χ3n) is 12.1. The maximum Gasteiger partial charge on any atom is 0.337 e. The van der Waals surface area contributed by atoms with Gasteiger partial charge in [0.05, 0.1) is 73.5 Å². The Kier molecular flexibility index (Phi) is 17.9. The molecule has 0 unspecified atom stereocenters. The Labute approximate surface area is 404 Å². The van der Waals surface area contributed by atoms with Gasteiger partial charge in [0, 0.05) is 72.0 Å². The first-order valence-electron chi connectivity index (χ1n) is 23.1. The minimum absolute atomic E-state index is 0.374. The normalized spacial score (nSPS) is 14.7. The quantitative estimate of drug-likeness (QED) is 0.0872. The molecule has 0 aliphatic carbocycles. The number of hydrogen-bond donors (Lipinski definition) is 0. The number of rotatable bonds is 12. The van der Waals surface area contributed by atoms with Gasteiger partial charge in [-0.05, 0) is 108 Å². The number of carbonyl (C=O) groups excluding carboxylic acids is 4. The molecule has 14 heteroatoms. The van der Waals surface area contributed by atoms with Crippen LogP contribution in [-0.4, -0.2) is 108 Å². The number of ether oxygens (including phenoxy) is 4. The van der Waals surface area contributed by atoms with E-state index in [-0.39, 0.29) is 23.9 Å². The van der Waals surface area contributed by atoms with Gasteiger partial charge in [0.15, 0.2) is 0 Å². The topological polar surface area (TPSA) is 144 Å². The fourth-order valence-electron chi connectivity index (χ4n) is 8.48. The van der Waals surface area contributed by atoms with Crippen molar-refractivity contribution < 1.29 is 38.1 Å². The fraction of sp³-hybridized carbons (Fsp3) is 0.309. The lowest BCUT2D eigenvalue weighted by atomic mass is 10.1. The molecular weight excluding hydrogens is 873 g/mol. The zero-order valence-electron chi connectivity index (χ0n) is 39.8. The highest BCUT2D eigenvalue weighted by Crippen LogP contribution is 2.20. The number of benzene rings is 4. The molecule has 2 aromatic heterocycles. The fourth-order valence-corrected chi connectivity index (χ4v) is 8.48. The van der Waals surface area contributed by atoms with E-state index in [2.05, 4.69) is 56.0 Å². The number of carbonyl (C=O) groups is 4. The average molecular weight is 933 g/mol. The van der Waals surface area contributed by atoms with Crippen LogP contribution in [0.25, 0.3) is 0 Å². The zero-order chi connectivity index (χ0) is 48.5. The van der Waals surface area contributed by atoms with Crippen molar-refractivity contribution in [2.24, 2.45) is 0 Å². The SMILES string of the molecule is COC(=O)c1ccc(CN2CCCN(Cc3ccc(C(=O)OC)cc3)Cc3cccc(n3)CN(Cc3ccc(C(=O)OC)cc3)Cc3cccc(n3)CN(Cc3ccc(C(=O)OC)cc3)CC2)cc1. The van der Waals surface area contributed by atoms with E-state index in [4.69, 9.17) is 28.9 Å². The van der Waals surface area contributed by atoms with E-state index in [0.717, 1.165) is 71.1 Å². The highest BCUT2D eigenvalue weighted by atomic mass is 16.5. The molecule has 69 heavy (non-hydrogen) atoms. The van der Waals surface area contributed by atoms with E-state index >= 15 is 0 Å². The number of aromatic nitrogens is 2. The maximum atomic E-state index is 12.3. The van der Waals surface area contributed by atoms with Crippen molar-refractivity contribution in [3.05, 3.63) is 201 Å². The van der Waals surface area contributed by atoms with Crippen molar-refractivity contribution in [3.8, 4) is 0 Å². The molecule has 4 aromatic carbocycles. The van der Waals surface area contributed by atoms with Crippen molar-refractivity contribution in [3.63, 3.8) is 0 Å². The van der Waals surface area contributed by atoms with Crippen LogP contribution in [0, 0.1) is 0 Å². The molecule has 0 amide bonds. The van der Waals surface area contributed by atoms with Crippen LogP contribution in [0.3, 0.4) is 0 Å². The molecule has 7 rings (SSSR count). The predicted octanol–water partition coefficient (Wildman–Crippen LogP) is 7.74. The molecule has 0 radical (unpaired) electrons. The second-order valence-corrected chi connectivity index (χ2v) is 17.2. The van der Waals surface area contributed by atoms with E-state index in [0.29, 0.717) is 81.2 Å². The van der Waals surface area contributed by atoms with E-state index in [1.54, 1.807) is 36.4 Å². The lowest BCUT2D eigenvalue weighted by Gasteiger charge is -2.29. The summed E-state index contributed by atoms with van der Waals surface area (Å²) in [6.45, 7) is 7.78. The van der Waals surface area contributed by atoms with Crippen LogP contribution in [-0.2, 0) is 71.3 Å². The Hall–Kier alpha value is -7.10. The molecule has 0 saturated carbocycles. The molecular formula is C55H60N6O8. The van der Waals surface area contributed by atoms with Crippen molar-refractivity contribution >= 4 is 23.9 Å². The minimum Gasteiger partial charge on any atom is -0.465 e. The van der Waals surface area contributed by atoms with Gasteiger partial charge < -0.3 is 18.9 Å². The first-order chi connectivity index (χ1) is 33.6. The maximum absolute atomic E-state index is 12.3. The van der Waals surface area contributed by atoms with Crippen LogP contribution < -0.4 is 0 Å². The van der Waals surface area contributed by atoms with Crippen LogP contribution >= 0.6 is 0 Å². The van der Waals surface area contributed by atoms with Crippen molar-refractivity contribution in [1.82, 2.24) is 29.6 Å². The second kappa shape index (κ2) is 24.8. The number of nitrogens with zero attached hydrogens (tertiary/aromatic N) is 6. The van der Waals surface area contributed by atoms with Gasteiger partial charge in [-0.15, -0.1) is 0 Å². The molecule has 0 N–H and O–H groups in total. The summed E-state index contributed by atoms with van der Waals surface area (Å²) in [6.07, 6.45) is 0.849. The summed E-state index contributed by atoms with van der Waals surface area (Å²) in [5.74, 6) is -1.51. The molecule has 0 spiro atoms. The average Bonchev–Trinajstić information content (AvgIpc) is 3.37. The van der Waals surface area contributed by atoms with Gasteiger partial charge in [-0.1, -0.05) is 60.7 Å². The first kappa shape index (κ1) is 49.8. The molecule has 1 aliphatic heterocycles. The lowest BCUT2D eigenvalue weighted by molar-refractivity contribution is 0.0592. The van der Waals surface area contributed by atoms with Crippen LogP contribution in [0.15, 0.2) is 133 Å². The Morgan fingerprint density at radius 1 is 0.362 bits per heavy atom. The highest BCUT2D eigenvalue weighted by molar-refractivity contribution is 5.90. The van der Waals surface area contributed by atoms with Crippen LogP contribution in [0.2, 0.25) is 0 Å². The monoisotopic (exact) mass is 932 g/mol. The van der Waals surface area contributed by atoms with E-state index in [1.807, 2.05) is 60.7 Å². The number of esters is 4. The Morgan fingerprint density at radius 2 is 0.623 bits per heavy atom. The summed E-state index contributed by atoms with van der Waals surface area (Å²) in [5.41, 5.74) is 9.92. The van der Waals surface area contributed by atoms with Gasteiger partial charge in [-0.3, -0.25) is 29.6 Å². The lowest BCUT2D eigenvalue weighted by Crippen LogP contribution is -2.36. The summed E-state index contributed by atoms with van der Waals surface area (Å²) in [6, 6.07) is 42.6. The van der Waals surface area contributed by atoms with Gasteiger partial charge in [0.25, 0.3) is 0 Å². The second-order valence-electron chi connectivity index (χ2n) is 17.2. The van der Waals surface area contributed by atoms with Crippen molar-refractivity contribution in [2.45, 2.75) is 58.8 Å². The molecule has 358 valence electrons. The number of methoxy groups -OCH3 is 4. The third-order valence-corrected chi connectivity index (χ3v) is 12.1. The predicted molar refractivity (Wildman–Crippen MR) is 261 cm³/mol. The van der Waals surface area contributed by atoms with Gasteiger partial charge >= 0.3 is 23.9 Å². The molecule has 0 fully saturated rings. The van der Waals surface area contributed by atoms with Crippen molar-refractivity contribution in [1.29, 1.82) is 0 Å². The Morgan fingerprint density at radius 3 is 0.957 bits per heavy atom. The summed E-state index contributed by atoms with van der Waals surface area (Å²) < 4.78 is 19.8. The molecule has 4 bridgehead atoms. The van der Waals surface area contributed by atoms with E-state index in [9.17, 15) is 19.2 Å². The standard InChI is InChI=1S/C55H60N6O8/c1-66-52(62)44-20-12-40(13-21-44)32-58-28-7-29-59(33-41-14-22-45(23-15-41)53(63)67-2)36-48-8-5-10-50(56-48)38-61(35-43-18-26-47(27-19-43)55(65)69-4)39-51-11-6-9-49(57-51)37-60(31-30-58)34-42-16-24-46(25-17-42)54(64)68-3/h5-6,8-27H,7,28-39H2,1-4H3. The van der Waals surface area contributed by atoms with Gasteiger partial charge in [-0.2, -0.15) is 0 Å². The Balaban J connectivity index is 1.22. The molecule has 1 aliphatic rings. The van der Waals surface area contributed by atoms with Crippen LogP contribution in [0.5, 0.6) is 0 Å². The molecule has 0 atom stereocenters.